The Bertz CT molecular complexity index is 335. The molecule has 1 unspecified atom stereocenters. The van der Waals surface area contributed by atoms with Crippen molar-refractivity contribution in [3.63, 3.8) is 0 Å². The molecule has 0 saturated heterocycles. The van der Waals surface area contributed by atoms with Gasteiger partial charge in [-0.15, -0.1) is 0 Å². The van der Waals surface area contributed by atoms with Crippen LogP contribution in [-0.4, -0.2) is 40.6 Å². The fourth-order valence-corrected chi connectivity index (χ4v) is 1.21. The van der Waals surface area contributed by atoms with Gasteiger partial charge in [0.25, 0.3) is 5.91 Å². The van der Waals surface area contributed by atoms with Gasteiger partial charge < -0.3 is 15.7 Å². The second-order valence-electron chi connectivity index (χ2n) is 3.51. The van der Waals surface area contributed by atoms with E-state index in [1.165, 1.54) is 11.1 Å². The van der Waals surface area contributed by atoms with Crippen LogP contribution in [0.15, 0.2) is 18.3 Å². The van der Waals surface area contributed by atoms with Gasteiger partial charge in [0.1, 0.15) is 5.69 Å². The summed E-state index contributed by atoms with van der Waals surface area (Å²) in [5.41, 5.74) is 6.30. The van der Waals surface area contributed by atoms with Crippen LogP contribution >= 0.6 is 0 Å². The minimum atomic E-state index is -0.548. The Morgan fingerprint density at radius 3 is 2.80 bits per heavy atom. The first-order valence-corrected chi connectivity index (χ1v) is 4.65. The average molecular weight is 209 g/mol. The molecule has 82 valence electrons. The van der Waals surface area contributed by atoms with Crippen LogP contribution in [-0.2, 0) is 0 Å². The molecule has 0 aliphatic rings. The summed E-state index contributed by atoms with van der Waals surface area (Å²) in [7, 11) is 1.62. The van der Waals surface area contributed by atoms with Gasteiger partial charge >= 0.3 is 0 Å². The van der Waals surface area contributed by atoms with Crippen LogP contribution in [0.3, 0.4) is 0 Å². The zero-order chi connectivity index (χ0) is 11.4. The Labute approximate surface area is 88.5 Å². The molecule has 1 heterocycles. The molecular formula is C10H15N3O2. The standard InChI is InChI=1S/C10H15N3O2/c1-7(14)6-13(2)10(15)9-4-3-8(11)5-12-9/h3-5,7,14H,6,11H2,1-2H3. The third-order valence-electron chi connectivity index (χ3n) is 1.89. The topological polar surface area (TPSA) is 79.5 Å². The number of nitrogens with two attached hydrogens (primary N) is 1. The first kappa shape index (κ1) is 11.5. The minimum Gasteiger partial charge on any atom is -0.397 e. The van der Waals surface area contributed by atoms with E-state index in [2.05, 4.69) is 4.98 Å². The van der Waals surface area contributed by atoms with Crippen LogP contribution in [0.4, 0.5) is 5.69 Å². The SMILES string of the molecule is CC(O)CN(C)C(=O)c1ccc(N)cn1. The number of nitrogen functional groups attached to an aromatic ring is 1. The van der Waals surface area contributed by atoms with Gasteiger partial charge in [-0.1, -0.05) is 0 Å². The van der Waals surface area contributed by atoms with E-state index in [1.807, 2.05) is 0 Å². The van der Waals surface area contributed by atoms with E-state index in [-0.39, 0.29) is 12.5 Å². The summed E-state index contributed by atoms with van der Waals surface area (Å²) in [6, 6.07) is 3.19. The molecule has 0 spiro atoms. The molecule has 0 bridgehead atoms. The number of amides is 1. The number of likely N-dealkylation sites (N-methyl/N-ethyl adjacent to an activating group) is 1. The molecule has 0 fully saturated rings. The molecular weight excluding hydrogens is 194 g/mol. The lowest BCUT2D eigenvalue weighted by molar-refractivity contribution is 0.0698. The van der Waals surface area contributed by atoms with Gasteiger partial charge in [-0.3, -0.25) is 4.79 Å². The molecule has 1 aromatic heterocycles. The number of aliphatic hydroxyl groups is 1. The highest BCUT2D eigenvalue weighted by Crippen LogP contribution is 2.04. The molecule has 5 nitrogen and oxygen atoms in total. The monoisotopic (exact) mass is 209 g/mol. The molecule has 0 aromatic carbocycles. The van der Waals surface area contributed by atoms with Crippen molar-refractivity contribution in [2.24, 2.45) is 0 Å². The van der Waals surface area contributed by atoms with E-state index in [9.17, 15) is 4.79 Å². The second-order valence-corrected chi connectivity index (χ2v) is 3.51. The maximum Gasteiger partial charge on any atom is 0.272 e. The van der Waals surface area contributed by atoms with Gasteiger partial charge in [0.05, 0.1) is 18.0 Å². The Morgan fingerprint density at radius 2 is 2.33 bits per heavy atom. The Hall–Kier alpha value is -1.62. The number of aliphatic hydroxyl groups excluding tert-OH is 1. The maximum atomic E-state index is 11.7. The zero-order valence-corrected chi connectivity index (χ0v) is 8.84. The molecule has 1 rings (SSSR count). The quantitative estimate of drug-likeness (QED) is 0.740. The van der Waals surface area contributed by atoms with Crippen LogP contribution < -0.4 is 5.73 Å². The Kier molecular flexibility index (Phi) is 3.62. The van der Waals surface area contributed by atoms with E-state index in [0.29, 0.717) is 11.4 Å². The lowest BCUT2D eigenvalue weighted by Crippen LogP contribution is -2.33. The van der Waals surface area contributed by atoms with Gasteiger partial charge in [-0.2, -0.15) is 0 Å². The van der Waals surface area contributed by atoms with Gasteiger partial charge in [0.15, 0.2) is 0 Å². The number of anilines is 1. The molecule has 0 aliphatic carbocycles. The number of rotatable bonds is 3. The van der Waals surface area contributed by atoms with E-state index >= 15 is 0 Å². The summed E-state index contributed by atoms with van der Waals surface area (Å²) >= 11 is 0. The number of carbonyl (C=O) groups is 1. The number of hydrogen-bond acceptors (Lipinski definition) is 4. The summed E-state index contributed by atoms with van der Waals surface area (Å²) in [6.07, 6.45) is 0.886. The fourth-order valence-electron chi connectivity index (χ4n) is 1.21. The van der Waals surface area contributed by atoms with Crippen molar-refractivity contribution in [2.45, 2.75) is 13.0 Å². The predicted octanol–water partition coefficient (Wildman–Crippen LogP) is 0.117. The molecule has 3 N–H and O–H groups in total. The third-order valence-corrected chi connectivity index (χ3v) is 1.89. The Balaban J connectivity index is 2.72. The largest absolute Gasteiger partial charge is 0.397 e. The highest BCUT2D eigenvalue weighted by atomic mass is 16.3. The molecule has 15 heavy (non-hydrogen) atoms. The first-order valence-electron chi connectivity index (χ1n) is 4.65. The van der Waals surface area contributed by atoms with Crippen molar-refractivity contribution in [1.29, 1.82) is 0 Å². The lowest BCUT2D eigenvalue weighted by atomic mass is 10.3. The first-order chi connectivity index (χ1) is 7.00. The van der Waals surface area contributed by atoms with Crippen molar-refractivity contribution in [3.8, 4) is 0 Å². The normalized spacial score (nSPS) is 12.2. The molecule has 5 heteroatoms. The van der Waals surface area contributed by atoms with E-state index < -0.39 is 6.10 Å². The van der Waals surface area contributed by atoms with E-state index in [4.69, 9.17) is 10.8 Å². The van der Waals surface area contributed by atoms with Crippen LogP contribution in [0.1, 0.15) is 17.4 Å². The van der Waals surface area contributed by atoms with Crippen molar-refractivity contribution in [3.05, 3.63) is 24.0 Å². The van der Waals surface area contributed by atoms with E-state index in [0.717, 1.165) is 0 Å². The number of hydrogen-bond donors (Lipinski definition) is 2. The van der Waals surface area contributed by atoms with Gasteiger partial charge in [-0.05, 0) is 19.1 Å². The molecule has 0 aliphatic heterocycles. The predicted molar refractivity (Wildman–Crippen MR) is 57.3 cm³/mol. The summed E-state index contributed by atoms with van der Waals surface area (Å²) in [5, 5.41) is 9.13. The average Bonchev–Trinajstić information content (AvgIpc) is 2.17. The molecule has 1 atom stereocenters. The fraction of sp³-hybridized carbons (Fsp3) is 0.400. The number of pyridine rings is 1. The highest BCUT2D eigenvalue weighted by molar-refractivity contribution is 5.92. The number of nitrogens with zero attached hydrogens (tertiary/aromatic N) is 2. The van der Waals surface area contributed by atoms with Crippen molar-refractivity contribution >= 4 is 11.6 Å². The van der Waals surface area contributed by atoms with Crippen molar-refractivity contribution in [2.75, 3.05) is 19.3 Å². The van der Waals surface area contributed by atoms with Gasteiger partial charge in [0, 0.05) is 13.6 Å². The van der Waals surface area contributed by atoms with Crippen LogP contribution in [0.5, 0.6) is 0 Å². The second kappa shape index (κ2) is 4.75. The molecule has 1 amide bonds. The smallest absolute Gasteiger partial charge is 0.272 e. The number of carbonyl (C=O) groups excluding carboxylic acids is 1. The van der Waals surface area contributed by atoms with Crippen molar-refractivity contribution in [1.82, 2.24) is 9.88 Å². The molecule has 0 saturated carbocycles. The Morgan fingerprint density at radius 1 is 1.67 bits per heavy atom. The third kappa shape index (κ3) is 3.21. The summed E-state index contributed by atoms with van der Waals surface area (Å²) in [4.78, 5) is 17.0. The van der Waals surface area contributed by atoms with Crippen molar-refractivity contribution < 1.29 is 9.90 Å². The summed E-state index contributed by atoms with van der Waals surface area (Å²) in [6.45, 7) is 1.91. The maximum absolute atomic E-state index is 11.7. The zero-order valence-electron chi connectivity index (χ0n) is 8.84. The van der Waals surface area contributed by atoms with Crippen LogP contribution in [0.2, 0.25) is 0 Å². The molecule has 0 radical (unpaired) electrons. The molecule has 1 aromatic rings. The van der Waals surface area contributed by atoms with Gasteiger partial charge in [0.2, 0.25) is 0 Å². The van der Waals surface area contributed by atoms with Gasteiger partial charge in [-0.25, -0.2) is 4.98 Å². The van der Waals surface area contributed by atoms with Crippen LogP contribution in [0.25, 0.3) is 0 Å². The summed E-state index contributed by atoms with van der Waals surface area (Å²) in [5.74, 6) is -0.226. The van der Waals surface area contributed by atoms with E-state index in [1.54, 1.807) is 26.1 Å². The highest BCUT2D eigenvalue weighted by Gasteiger charge is 2.13. The number of aromatic nitrogens is 1. The van der Waals surface area contributed by atoms with Crippen LogP contribution in [0, 0.1) is 0 Å². The minimum absolute atomic E-state index is 0.226. The summed E-state index contributed by atoms with van der Waals surface area (Å²) < 4.78 is 0. The lowest BCUT2D eigenvalue weighted by Gasteiger charge is -2.18.